The van der Waals surface area contributed by atoms with Gasteiger partial charge < -0.3 is 10.8 Å². The lowest BCUT2D eigenvalue weighted by Crippen LogP contribution is -2.32. The number of Topliss-reactive ketones (excluding diaryl/α,β-unsaturated/α-hetero) is 1. The molecule has 0 heterocycles. The summed E-state index contributed by atoms with van der Waals surface area (Å²) in [6.45, 7) is 2.01. The van der Waals surface area contributed by atoms with E-state index in [4.69, 9.17) is 10.8 Å². The molecule has 1 unspecified atom stereocenters. The lowest BCUT2D eigenvalue weighted by atomic mass is 10.1. The topological polar surface area (TPSA) is 80.4 Å². The van der Waals surface area contributed by atoms with Gasteiger partial charge in [0.1, 0.15) is 11.8 Å². The van der Waals surface area contributed by atoms with Crippen molar-refractivity contribution in [2.45, 2.75) is 38.6 Å². The lowest BCUT2D eigenvalue weighted by Gasteiger charge is -2.03. The fourth-order valence-corrected chi connectivity index (χ4v) is 0.963. The molecule has 0 aliphatic heterocycles. The van der Waals surface area contributed by atoms with Crippen LogP contribution in [-0.2, 0) is 9.59 Å². The first-order chi connectivity index (χ1) is 6.57. The summed E-state index contributed by atoms with van der Waals surface area (Å²) >= 11 is 0. The molecule has 0 aromatic rings. The van der Waals surface area contributed by atoms with Crippen LogP contribution in [0.2, 0.25) is 0 Å². The molecule has 4 heteroatoms. The predicted molar refractivity (Wildman–Crippen MR) is 53.9 cm³/mol. The molecule has 0 aliphatic carbocycles. The highest BCUT2D eigenvalue weighted by atomic mass is 16.4. The van der Waals surface area contributed by atoms with Gasteiger partial charge in [-0.15, -0.1) is 0 Å². The Hall–Kier alpha value is -1.16. The number of aliphatic carboxylic acids is 1. The molecule has 80 valence electrons. The lowest BCUT2D eigenvalue weighted by molar-refractivity contribution is -0.140. The van der Waals surface area contributed by atoms with E-state index in [0.29, 0.717) is 12.8 Å². The molecule has 0 amide bonds. The second-order valence-corrected chi connectivity index (χ2v) is 3.11. The highest BCUT2D eigenvalue weighted by molar-refractivity contribution is 5.85. The zero-order valence-electron chi connectivity index (χ0n) is 8.40. The Balaban J connectivity index is 3.65. The van der Waals surface area contributed by atoms with E-state index in [1.54, 1.807) is 0 Å². The minimum Gasteiger partial charge on any atom is -0.480 e. The third-order valence-corrected chi connectivity index (χ3v) is 1.76. The molecule has 0 radical (unpaired) electrons. The molecule has 0 bridgehead atoms. The van der Waals surface area contributed by atoms with Crippen molar-refractivity contribution in [1.82, 2.24) is 0 Å². The van der Waals surface area contributed by atoms with Crippen LogP contribution in [0.3, 0.4) is 0 Å². The molecule has 1 atom stereocenters. The molecule has 4 nitrogen and oxygen atoms in total. The first-order valence-electron chi connectivity index (χ1n) is 4.73. The number of carboxylic acids is 1. The smallest absolute Gasteiger partial charge is 0.320 e. The summed E-state index contributed by atoms with van der Waals surface area (Å²) < 4.78 is 0. The summed E-state index contributed by atoms with van der Waals surface area (Å²) in [4.78, 5) is 21.5. The molecule has 0 rings (SSSR count). The van der Waals surface area contributed by atoms with Crippen LogP contribution in [0.1, 0.15) is 32.6 Å². The molecule has 0 aliphatic rings. The molecule has 0 spiro atoms. The normalized spacial score (nSPS) is 13.0. The summed E-state index contributed by atoms with van der Waals surface area (Å²) in [6, 6.07) is -1.06. The van der Waals surface area contributed by atoms with Gasteiger partial charge in [0.25, 0.3) is 0 Å². The van der Waals surface area contributed by atoms with E-state index in [0.717, 1.165) is 6.42 Å². The van der Waals surface area contributed by atoms with Gasteiger partial charge in [0.2, 0.25) is 0 Å². The second kappa shape index (κ2) is 7.26. The monoisotopic (exact) mass is 199 g/mol. The van der Waals surface area contributed by atoms with Crippen molar-refractivity contribution in [1.29, 1.82) is 0 Å². The SMILES string of the molecule is CC/C=C/CCC(=O)CC(N)C(=O)O. The molecular formula is C10H17NO3. The van der Waals surface area contributed by atoms with E-state index in [9.17, 15) is 9.59 Å². The first kappa shape index (κ1) is 12.8. The molecule has 14 heavy (non-hydrogen) atoms. The minimum atomic E-state index is -1.12. The molecule has 0 aromatic carbocycles. The van der Waals surface area contributed by atoms with Crippen LogP contribution in [0.25, 0.3) is 0 Å². The zero-order valence-corrected chi connectivity index (χ0v) is 8.40. The molecule has 0 saturated carbocycles. The average Bonchev–Trinajstić information content (AvgIpc) is 2.12. The van der Waals surface area contributed by atoms with Gasteiger partial charge in [0, 0.05) is 12.8 Å². The molecule has 3 N–H and O–H groups in total. The van der Waals surface area contributed by atoms with Gasteiger partial charge in [0.15, 0.2) is 0 Å². The second-order valence-electron chi connectivity index (χ2n) is 3.11. The Bertz CT molecular complexity index is 223. The quantitative estimate of drug-likeness (QED) is 0.602. The standard InChI is InChI=1S/C10H17NO3/c1-2-3-4-5-6-8(12)7-9(11)10(13)14/h3-4,9H,2,5-7,11H2,1H3,(H,13,14)/b4-3+. The third kappa shape index (κ3) is 6.37. The van der Waals surface area contributed by atoms with E-state index >= 15 is 0 Å². The van der Waals surface area contributed by atoms with Gasteiger partial charge in [-0.25, -0.2) is 0 Å². The molecular weight excluding hydrogens is 182 g/mol. The van der Waals surface area contributed by atoms with E-state index in [1.807, 2.05) is 19.1 Å². The number of hydrogen-bond donors (Lipinski definition) is 2. The number of allylic oxidation sites excluding steroid dienone is 2. The maximum absolute atomic E-state index is 11.1. The molecule has 0 saturated heterocycles. The van der Waals surface area contributed by atoms with Crippen LogP contribution < -0.4 is 5.73 Å². The Morgan fingerprint density at radius 3 is 2.57 bits per heavy atom. The van der Waals surface area contributed by atoms with Crippen molar-refractivity contribution in [2.75, 3.05) is 0 Å². The predicted octanol–water partition coefficient (Wildman–Crippen LogP) is 1.10. The van der Waals surface area contributed by atoms with Gasteiger partial charge in [-0.3, -0.25) is 9.59 Å². The van der Waals surface area contributed by atoms with Gasteiger partial charge in [0.05, 0.1) is 0 Å². The van der Waals surface area contributed by atoms with Crippen LogP contribution in [-0.4, -0.2) is 22.9 Å². The maximum atomic E-state index is 11.1. The van der Waals surface area contributed by atoms with Crippen molar-refractivity contribution in [2.24, 2.45) is 5.73 Å². The van der Waals surface area contributed by atoms with Crippen LogP contribution in [0.5, 0.6) is 0 Å². The molecule has 0 aromatic heterocycles. The van der Waals surface area contributed by atoms with Crippen molar-refractivity contribution < 1.29 is 14.7 Å². The van der Waals surface area contributed by atoms with Crippen molar-refractivity contribution in [3.8, 4) is 0 Å². The number of hydrogen-bond acceptors (Lipinski definition) is 3. The third-order valence-electron chi connectivity index (χ3n) is 1.76. The van der Waals surface area contributed by atoms with Crippen molar-refractivity contribution in [3.63, 3.8) is 0 Å². The fraction of sp³-hybridized carbons (Fsp3) is 0.600. The number of carbonyl (C=O) groups excluding carboxylic acids is 1. The number of nitrogens with two attached hydrogens (primary N) is 1. The van der Waals surface area contributed by atoms with Crippen molar-refractivity contribution >= 4 is 11.8 Å². The largest absolute Gasteiger partial charge is 0.480 e. The van der Waals surface area contributed by atoms with E-state index in [1.165, 1.54) is 0 Å². The fourth-order valence-electron chi connectivity index (χ4n) is 0.963. The summed E-state index contributed by atoms with van der Waals surface area (Å²) in [5.41, 5.74) is 5.21. The highest BCUT2D eigenvalue weighted by Gasteiger charge is 2.15. The van der Waals surface area contributed by atoms with Crippen LogP contribution in [0.4, 0.5) is 0 Å². The molecule has 0 fully saturated rings. The minimum absolute atomic E-state index is 0.0741. The number of carbonyl (C=O) groups is 2. The summed E-state index contributed by atoms with van der Waals surface area (Å²) in [5, 5.41) is 8.45. The van der Waals surface area contributed by atoms with Crippen LogP contribution in [0, 0.1) is 0 Å². The summed E-state index contributed by atoms with van der Waals surface area (Å²) in [5.74, 6) is -1.22. The maximum Gasteiger partial charge on any atom is 0.320 e. The van der Waals surface area contributed by atoms with E-state index < -0.39 is 12.0 Å². The Kier molecular flexibility index (Phi) is 6.66. The highest BCUT2D eigenvalue weighted by Crippen LogP contribution is 1.99. The Morgan fingerprint density at radius 2 is 2.07 bits per heavy atom. The summed E-state index contributed by atoms with van der Waals surface area (Å²) in [6.07, 6.45) is 5.81. The summed E-state index contributed by atoms with van der Waals surface area (Å²) in [7, 11) is 0. The van der Waals surface area contributed by atoms with E-state index in [2.05, 4.69) is 0 Å². The van der Waals surface area contributed by atoms with Gasteiger partial charge >= 0.3 is 5.97 Å². The van der Waals surface area contributed by atoms with Crippen LogP contribution >= 0.6 is 0 Å². The number of rotatable bonds is 7. The average molecular weight is 199 g/mol. The Labute approximate surface area is 83.8 Å². The Morgan fingerprint density at radius 1 is 1.43 bits per heavy atom. The van der Waals surface area contributed by atoms with Gasteiger partial charge in [-0.1, -0.05) is 19.1 Å². The number of ketones is 1. The number of carboxylic acid groups (broad SMARTS) is 1. The van der Waals surface area contributed by atoms with Crippen LogP contribution in [0.15, 0.2) is 12.2 Å². The van der Waals surface area contributed by atoms with E-state index in [-0.39, 0.29) is 12.2 Å². The van der Waals surface area contributed by atoms with Gasteiger partial charge in [-0.2, -0.15) is 0 Å². The first-order valence-corrected chi connectivity index (χ1v) is 4.73. The van der Waals surface area contributed by atoms with Crippen molar-refractivity contribution in [3.05, 3.63) is 12.2 Å². The van der Waals surface area contributed by atoms with Gasteiger partial charge in [-0.05, 0) is 12.8 Å². The zero-order chi connectivity index (χ0) is 11.0.